The molecule has 0 radical (unpaired) electrons. The number of alkyl halides is 3. The second kappa shape index (κ2) is 9.77. The Labute approximate surface area is 185 Å². The van der Waals surface area contributed by atoms with Gasteiger partial charge >= 0.3 is 6.18 Å². The highest BCUT2D eigenvalue weighted by atomic mass is 32.1. The summed E-state index contributed by atoms with van der Waals surface area (Å²) in [5.41, 5.74) is 0.716. The average Bonchev–Trinajstić information content (AvgIpc) is 3.40. The normalized spacial score (nSPS) is 26.2. The van der Waals surface area contributed by atoms with Gasteiger partial charge in [-0.05, 0) is 57.6 Å². The van der Waals surface area contributed by atoms with Gasteiger partial charge in [0.2, 0.25) is 0 Å². The quantitative estimate of drug-likeness (QED) is 0.653. The lowest BCUT2D eigenvalue weighted by molar-refractivity contribution is -0.148. The highest BCUT2D eigenvalue weighted by molar-refractivity contribution is 7.12. The fraction of sp³-hybridized carbons (Fsp3) is 0.773. The molecule has 2 saturated heterocycles. The van der Waals surface area contributed by atoms with Crippen molar-refractivity contribution in [2.75, 3.05) is 39.4 Å². The Kier molecular flexibility index (Phi) is 7.25. The van der Waals surface area contributed by atoms with E-state index in [1.165, 1.54) is 9.78 Å². The summed E-state index contributed by atoms with van der Waals surface area (Å²) in [7, 11) is 0. The van der Waals surface area contributed by atoms with Gasteiger partial charge in [-0.2, -0.15) is 13.2 Å². The monoisotopic (exact) mass is 459 g/mol. The third-order valence-electron chi connectivity index (χ3n) is 6.67. The smallest absolute Gasteiger partial charge is 0.381 e. The molecular weight excluding hydrogens is 427 g/mol. The van der Waals surface area contributed by atoms with Gasteiger partial charge in [-0.15, -0.1) is 11.3 Å². The van der Waals surface area contributed by atoms with Crippen LogP contribution in [0.25, 0.3) is 0 Å². The number of ether oxygens (including phenoxy) is 1. The van der Waals surface area contributed by atoms with Gasteiger partial charge in [-0.3, -0.25) is 9.69 Å². The van der Waals surface area contributed by atoms with Crippen molar-refractivity contribution < 1.29 is 22.7 Å². The number of carbonyl (C=O) groups excluding carboxylic acids is 1. The number of likely N-dealkylation sites (tertiary alicyclic amines) is 1. The number of rotatable bonds is 7. The van der Waals surface area contributed by atoms with E-state index in [2.05, 4.69) is 10.6 Å². The van der Waals surface area contributed by atoms with Crippen LogP contribution in [-0.4, -0.2) is 68.5 Å². The van der Waals surface area contributed by atoms with E-state index in [-0.39, 0.29) is 11.9 Å². The predicted octanol–water partition coefficient (Wildman–Crippen LogP) is 3.69. The Bertz CT molecular complexity index is 756. The van der Waals surface area contributed by atoms with Gasteiger partial charge in [0.15, 0.2) is 0 Å². The second-order valence-electron chi connectivity index (χ2n) is 9.17. The Morgan fingerprint density at radius 2 is 1.94 bits per heavy atom. The molecule has 1 aromatic rings. The Hall–Kier alpha value is -1.16. The van der Waals surface area contributed by atoms with E-state index < -0.39 is 12.7 Å². The summed E-state index contributed by atoms with van der Waals surface area (Å²) in [6.07, 6.45) is 0.309. The number of piperidine rings is 1. The molecule has 1 amide bonds. The summed E-state index contributed by atoms with van der Waals surface area (Å²) in [4.78, 5) is 16.5. The van der Waals surface area contributed by atoms with Crippen LogP contribution in [-0.2, 0) is 4.74 Å². The Morgan fingerprint density at radius 3 is 2.61 bits per heavy atom. The zero-order valence-corrected chi connectivity index (χ0v) is 18.8. The maximum Gasteiger partial charge on any atom is 0.401 e. The summed E-state index contributed by atoms with van der Waals surface area (Å²) in [6.45, 7) is 4.60. The molecule has 1 aromatic heterocycles. The molecule has 2 unspecified atom stereocenters. The van der Waals surface area contributed by atoms with E-state index in [1.54, 1.807) is 11.3 Å². The lowest BCUT2D eigenvalue weighted by atomic mass is 10.0. The van der Waals surface area contributed by atoms with Gasteiger partial charge < -0.3 is 15.4 Å². The summed E-state index contributed by atoms with van der Waals surface area (Å²) in [5, 5.41) is 6.73. The SMILES string of the molecule is Cc1sc(C2CC2NCC2CCOCC2)cc1C(=O)NC1CCN(CC(F)(F)F)CC1. The minimum atomic E-state index is -4.17. The second-order valence-corrected chi connectivity index (χ2v) is 10.5. The van der Waals surface area contributed by atoms with E-state index >= 15 is 0 Å². The molecule has 31 heavy (non-hydrogen) atoms. The lowest BCUT2D eigenvalue weighted by Gasteiger charge is -2.32. The third kappa shape index (κ3) is 6.43. The van der Waals surface area contributed by atoms with E-state index in [0.29, 0.717) is 49.4 Å². The molecule has 174 valence electrons. The first-order valence-corrected chi connectivity index (χ1v) is 12.1. The van der Waals surface area contributed by atoms with E-state index in [9.17, 15) is 18.0 Å². The fourth-order valence-electron chi connectivity index (χ4n) is 4.67. The van der Waals surface area contributed by atoms with Crippen LogP contribution in [0.2, 0.25) is 0 Å². The molecule has 4 rings (SSSR count). The largest absolute Gasteiger partial charge is 0.401 e. The number of thiophene rings is 1. The van der Waals surface area contributed by atoms with E-state index in [4.69, 9.17) is 4.74 Å². The fourth-order valence-corrected chi connectivity index (χ4v) is 5.87. The highest BCUT2D eigenvalue weighted by Gasteiger charge is 2.40. The zero-order chi connectivity index (χ0) is 22.0. The average molecular weight is 460 g/mol. The van der Waals surface area contributed by atoms with Crippen molar-refractivity contribution in [3.8, 4) is 0 Å². The first kappa shape index (κ1) is 23.0. The molecule has 3 fully saturated rings. The van der Waals surface area contributed by atoms with Crippen molar-refractivity contribution in [3.63, 3.8) is 0 Å². The molecule has 2 atom stereocenters. The lowest BCUT2D eigenvalue weighted by Crippen LogP contribution is -2.47. The maximum absolute atomic E-state index is 12.8. The molecule has 0 bridgehead atoms. The summed E-state index contributed by atoms with van der Waals surface area (Å²) < 4.78 is 43.0. The van der Waals surface area contributed by atoms with Crippen molar-refractivity contribution in [2.24, 2.45) is 5.92 Å². The van der Waals surface area contributed by atoms with Crippen molar-refractivity contribution in [1.29, 1.82) is 0 Å². The van der Waals surface area contributed by atoms with Crippen molar-refractivity contribution in [3.05, 3.63) is 21.4 Å². The molecule has 5 nitrogen and oxygen atoms in total. The minimum absolute atomic E-state index is 0.0606. The number of halogens is 3. The number of nitrogens with zero attached hydrogens (tertiary/aromatic N) is 1. The van der Waals surface area contributed by atoms with Crippen LogP contribution in [0.1, 0.15) is 58.1 Å². The van der Waals surface area contributed by atoms with Crippen LogP contribution < -0.4 is 10.6 Å². The van der Waals surface area contributed by atoms with Gasteiger partial charge in [0, 0.05) is 54.1 Å². The van der Waals surface area contributed by atoms with Crippen LogP contribution in [0.4, 0.5) is 13.2 Å². The van der Waals surface area contributed by atoms with Gasteiger partial charge in [0.1, 0.15) is 0 Å². The van der Waals surface area contributed by atoms with Gasteiger partial charge in [0.25, 0.3) is 5.91 Å². The maximum atomic E-state index is 12.8. The molecule has 1 saturated carbocycles. The number of aryl methyl sites for hydroxylation is 1. The highest BCUT2D eigenvalue weighted by Crippen LogP contribution is 2.45. The molecule has 2 N–H and O–H groups in total. The Balaban J connectivity index is 1.23. The van der Waals surface area contributed by atoms with Gasteiger partial charge in [0.05, 0.1) is 12.1 Å². The minimum Gasteiger partial charge on any atom is -0.381 e. The van der Waals surface area contributed by atoms with Crippen LogP contribution >= 0.6 is 11.3 Å². The van der Waals surface area contributed by atoms with E-state index in [0.717, 1.165) is 43.9 Å². The number of nitrogens with one attached hydrogen (secondary N) is 2. The first-order chi connectivity index (χ1) is 14.8. The van der Waals surface area contributed by atoms with Crippen LogP contribution in [0, 0.1) is 12.8 Å². The van der Waals surface area contributed by atoms with Crippen molar-refractivity contribution in [2.45, 2.75) is 63.2 Å². The standard InChI is InChI=1S/C22H32F3N3O2S/c1-14-17(21(29)27-16-2-6-28(7-3-16)13-22(23,24)25)11-20(31-14)18-10-19(18)26-12-15-4-8-30-9-5-15/h11,15-16,18-19,26H,2-10,12-13H2,1H3,(H,27,29). The molecule has 3 heterocycles. The molecule has 9 heteroatoms. The topological polar surface area (TPSA) is 53.6 Å². The molecule has 0 aromatic carbocycles. The summed E-state index contributed by atoms with van der Waals surface area (Å²) in [6, 6.07) is 2.46. The predicted molar refractivity (Wildman–Crippen MR) is 115 cm³/mol. The van der Waals surface area contributed by atoms with Gasteiger partial charge in [-0.1, -0.05) is 0 Å². The molecule has 2 aliphatic heterocycles. The van der Waals surface area contributed by atoms with Gasteiger partial charge in [-0.25, -0.2) is 0 Å². The number of carbonyl (C=O) groups is 1. The molecular formula is C22H32F3N3O2S. The van der Waals surface area contributed by atoms with Crippen LogP contribution in [0.5, 0.6) is 0 Å². The summed E-state index contributed by atoms with van der Waals surface area (Å²) >= 11 is 1.69. The molecule has 0 spiro atoms. The molecule has 1 aliphatic carbocycles. The summed E-state index contributed by atoms with van der Waals surface area (Å²) in [5.74, 6) is 1.08. The van der Waals surface area contributed by atoms with Crippen LogP contribution in [0.15, 0.2) is 6.07 Å². The third-order valence-corrected chi connectivity index (χ3v) is 7.86. The zero-order valence-electron chi connectivity index (χ0n) is 18.0. The van der Waals surface area contributed by atoms with Crippen molar-refractivity contribution >= 4 is 17.2 Å². The van der Waals surface area contributed by atoms with E-state index in [1.807, 2.05) is 13.0 Å². The molecule has 3 aliphatic rings. The Morgan fingerprint density at radius 1 is 1.23 bits per heavy atom. The number of hydrogen-bond acceptors (Lipinski definition) is 5. The first-order valence-electron chi connectivity index (χ1n) is 11.3. The van der Waals surface area contributed by atoms with Crippen molar-refractivity contribution in [1.82, 2.24) is 15.5 Å². The number of amides is 1. The number of hydrogen-bond donors (Lipinski definition) is 2. The van der Waals surface area contributed by atoms with Crippen LogP contribution in [0.3, 0.4) is 0 Å².